The number of anilines is 2. The molecule has 1 N–H and O–H groups in total. The number of para-hydroxylation sites is 1. The molecule has 30 heavy (non-hydrogen) atoms. The minimum atomic E-state index is -0.866. The van der Waals surface area contributed by atoms with Gasteiger partial charge in [0.25, 0.3) is 0 Å². The summed E-state index contributed by atoms with van der Waals surface area (Å²) in [6, 6.07) is 18.6. The van der Waals surface area contributed by atoms with E-state index in [0.29, 0.717) is 6.54 Å². The van der Waals surface area contributed by atoms with Gasteiger partial charge in [0.1, 0.15) is 11.6 Å². The van der Waals surface area contributed by atoms with E-state index in [1.54, 1.807) is 11.9 Å². The molecule has 152 valence electrons. The van der Waals surface area contributed by atoms with Crippen LogP contribution >= 0.6 is 0 Å². The molecule has 0 aliphatic carbocycles. The first-order valence-electron chi connectivity index (χ1n) is 9.48. The monoisotopic (exact) mass is 406 g/mol. The van der Waals surface area contributed by atoms with Gasteiger partial charge in [0.15, 0.2) is 0 Å². The van der Waals surface area contributed by atoms with E-state index in [0.717, 1.165) is 39.8 Å². The third kappa shape index (κ3) is 3.89. The molecule has 0 atom stereocenters. The number of carbonyl (C=O) groups is 1. The van der Waals surface area contributed by atoms with Gasteiger partial charge in [-0.05, 0) is 41.5 Å². The molecular formula is C24H20F2N2O2. The van der Waals surface area contributed by atoms with Gasteiger partial charge in [0, 0.05) is 42.4 Å². The molecule has 0 aliphatic rings. The zero-order valence-corrected chi connectivity index (χ0v) is 16.3. The Morgan fingerprint density at radius 1 is 1.03 bits per heavy atom. The number of halogens is 2. The Kier molecular flexibility index (Phi) is 5.23. The Bertz CT molecular complexity index is 1220. The minimum absolute atomic E-state index is 0.0313. The lowest BCUT2D eigenvalue weighted by Crippen LogP contribution is -2.11. The number of benzene rings is 3. The number of hydrogen-bond acceptors (Lipinski definition) is 2. The Hall–Kier alpha value is -3.67. The van der Waals surface area contributed by atoms with Gasteiger partial charge in [-0.15, -0.1) is 0 Å². The maximum absolute atomic E-state index is 14.1. The summed E-state index contributed by atoms with van der Waals surface area (Å²) in [7, 11) is 1.69. The fourth-order valence-corrected chi connectivity index (χ4v) is 3.66. The van der Waals surface area contributed by atoms with Gasteiger partial charge >= 0.3 is 5.97 Å². The molecule has 4 rings (SSSR count). The molecule has 3 aromatic carbocycles. The third-order valence-corrected chi connectivity index (χ3v) is 5.16. The van der Waals surface area contributed by atoms with Crippen LogP contribution in [0.25, 0.3) is 10.9 Å². The quantitative estimate of drug-likeness (QED) is 0.469. The number of carboxylic acids is 1. The molecule has 6 heteroatoms. The second kappa shape index (κ2) is 7.99. The normalized spacial score (nSPS) is 11.0. The summed E-state index contributed by atoms with van der Waals surface area (Å²) >= 11 is 0. The SMILES string of the molecule is CN(c1ccc(Cn2cc(CC(=O)O)c3ccccc32)cc1)c1cc(F)ccc1F. The summed E-state index contributed by atoms with van der Waals surface area (Å²) in [5.74, 6) is -1.85. The number of aliphatic carboxylic acids is 1. The van der Waals surface area contributed by atoms with Gasteiger partial charge in [0.2, 0.25) is 0 Å². The molecule has 4 aromatic rings. The van der Waals surface area contributed by atoms with E-state index in [-0.39, 0.29) is 12.1 Å². The van der Waals surface area contributed by atoms with E-state index in [1.165, 1.54) is 6.07 Å². The molecule has 4 nitrogen and oxygen atoms in total. The zero-order chi connectivity index (χ0) is 21.3. The highest BCUT2D eigenvalue weighted by atomic mass is 19.1. The highest BCUT2D eigenvalue weighted by Crippen LogP contribution is 2.28. The number of hydrogen-bond donors (Lipinski definition) is 1. The third-order valence-electron chi connectivity index (χ3n) is 5.16. The average Bonchev–Trinajstić information content (AvgIpc) is 3.06. The number of carboxylic acid groups (broad SMARTS) is 1. The number of rotatable bonds is 6. The first-order chi connectivity index (χ1) is 14.4. The van der Waals surface area contributed by atoms with Crippen LogP contribution in [0.15, 0.2) is 72.9 Å². The number of nitrogens with zero attached hydrogens (tertiary/aromatic N) is 2. The van der Waals surface area contributed by atoms with E-state index >= 15 is 0 Å². The summed E-state index contributed by atoms with van der Waals surface area (Å²) in [6.45, 7) is 0.568. The molecule has 0 saturated carbocycles. The second-order valence-electron chi connectivity index (χ2n) is 7.19. The Labute approximate surface area is 172 Å². The van der Waals surface area contributed by atoms with Crippen molar-refractivity contribution in [3.8, 4) is 0 Å². The molecule has 0 aliphatic heterocycles. The van der Waals surface area contributed by atoms with Crippen LogP contribution in [0.4, 0.5) is 20.2 Å². The van der Waals surface area contributed by atoms with Crippen molar-refractivity contribution in [3.63, 3.8) is 0 Å². The predicted molar refractivity (Wildman–Crippen MR) is 113 cm³/mol. The Balaban J connectivity index is 1.60. The first-order valence-corrected chi connectivity index (χ1v) is 9.48. The lowest BCUT2D eigenvalue weighted by molar-refractivity contribution is -0.136. The van der Waals surface area contributed by atoms with E-state index in [2.05, 4.69) is 0 Å². The molecule has 0 spiro atoms. The summed E-state index contributed by atoms with van der Waals surface area (Å²) in [4.78, 5) is 12.8. The molecular weight excluding hydrogens is 386 g/mol. The van der Waals surface area contributed by atoms with Gasteiger partial charge in [-0.2, -0.15) is 0 Å². The van der Waals surface area contributed by atoms with Crippen LogP contribution in [0.3, 0.4) is 0 Å². The van der Waals surface area contributed by atoms with Crippen LogP contribution in [0.2, 0.25) is 0 Å². The van der Waals surface area contributed by atoms with Gasteiger partial charge in [-0.1, -0.05) is 30.3 Å². The lowest BCUT2D eigenvalue weighted by Gasteiger charge is -2.20. The van der Waals surface area contributed by atoms with Crippen LogP contribution < -0.4 is 4.90 Å². The maximum Gasteiger partial charge on any atom is 0.307 e. The van der Waals surface area contributed by atoms with Crippen molar-refractivity contribution in [2.24, 2.45) is 0 Å². The summed E-state index contributed by atoms with van der Waals surface area (Å²) in [6.07, 6.45) is 1.84. The van der Waals surface area contributed by atoms with Gasteiger partial charge < -0.3 is 14.6 Å². The molecule has 0 saturated heterocycles. The molecule has 0 unspecified atom stereocenters. The van der Waals surface area contributed by atoms with Crippen LogP contribution in [0.1, 0.15) is 11.1 Å². The van der Waals surface area contributed by atoms with Crippen molar-refractivity contribution in [3.05, 3.63) is 95.7 Å². The molecule has 0 radical (unpaired) electrons. The first kappa shape index (κ1) is 19.6. The van der Waals surface area contributed by atoms with Crippen molar-refractivity contribution < 1.29 is 18.7 Å². The van der Waals surface area contributed by atoms with E-state index < -0.39 is 17.6 Å². The Morgan fingerprint density at radius 3 is 2.50 bits per heavy atom. The van der Waals surface area contributed by atoms with E-state index in [1.807, 2.05) is 59.3 Å². The van der Waals surface area contributed by atoms with E-state index in [4.69, 9.17) is 0 Å². The lowest BCUT2D eigenvalue weighted by atomic mass is 10.1. The zero-order valence-electron chi connectivity index (χ0n) is 16.3. The predicted octanol–water partition coefficient (Wildman–Crippen LogP) is 5.36. The van der Waals surface area contributed by atoms with Crippen LogP contribution in [0, 0.1) is 11.6 Å². The number of aromatic nitrogens is 1. The standard InChI is InChI=1S/C24H20F2N2O2/c1-27(23-13-18(25)8-11-21(23)26)19-9-6-16(7-10-19)14-28-15-17(12-24(29)30)20-4-2-3-5-22(20)28/h2-11,13,15H,12,14H2,1H3,(H,29,30). The second-order valence-corrected chi connectivity index (χ2v) is 7.19. The largest absolute Gasteiger partial charge is 0.481 e. The fourth-order valence-electron chi connectivity index (χ4n) is 3.66. The maximum atomic E-state index is 14.1. The highest BCUT2D eigenvalue weighted by molar-refractivity contribution is 5.87. The van der Waals surface area contributed by atoms with Crippen LogP contribution in [-0.4, -0.2) is 22.7 Å². The topological polar surface area (TPSA) is 45.5 Å². The molecule has 0 fully saturated rings. The van der Waals surface area contributed by atoms with Gasteiger partial charge in [0.05, 0.1) is 12.1 Å². The molecule has 1 aromatic heterocycles. The fraction of sp³-hybridized carbons (Fsp3) is 0.125. The van der Waals surface area contributed by atoms with Crippen molar-refractivity contribution >= 4 is 28.2 Å². The smallest absolute Gasteiger partial charge is 0.307 e. The van der Waals surface area contributed by atoms with Crippen molar-refractivity contribution in [2.45, 2.75) is 13.0 Å². The minimum Gasteiger partial charge on any atom is -0.481 e. The van der Waals surface area contributed by atoms with Crippen molar-refractivity contribution in [2.75, 3.05) is 11.9 Å². The highest BCUT2D eigenvalue weighted by Gasteiger charge is 2.13. The molecule has 0 bridgehead atoms. The summed E-state index contributed by atoms with van der Waals surface area (Å²) in [5, 5.41) is 10.1. The van der Waals surface area contributed by atoms with Crippen LogP contribution in [-0.2, 0) is 17.8 Å². The van der Waals surface area contributed by atoms with Gasteiger partial charge in [-0.25, -0.2) is 8.78 Å². The van der Waals surface area contributed by atoms with Crippen LogP contribution in [0.5, 0.6) is 0 Å². The molecule has 0 amide bonds. The number of fused-ring (bicyclic) bond motifs is 1. The average molecular weight is 406 g/mol. The van der Waals surface area contributed by atoms with E-state index in [9.17, 15) is 18.7 Å². The van der Waals surface area contributed by atoms with Gasteiger partial charge in [-0.3, -0.25) is 4.79 Å². The summed E-state index contributed by atoms with van der Waals surface area (Å²) < 4.78 is 29.6. The summed E-state index contributed by atoms with van der Waals surface area (Å²) in [5.41, 5.74) is 3.65. The molecule has 1 heterocycles. The van der Waals surface area contributed by atoms with Crippen molar-refractivity contribution in [1.82, 2.24) is 4.57 Å². The van der Waals surface area contributed by atoms with Crippen molar-refractivity contribution in [1.29, 1.82) is 0 Å². The Morgan fingerprint density at radius 2 is 1.77 bits per heavy atom.